The van der Waals surface area contributed by atoms with Crippen molar-refractivity contribution >= 4 is 33.0 Å². The molecule has 2 saturated heterocycles. The van der Waals surface area contributed by atoms with Gasteiger partial charge in [-0.05, 0) is 48.4 Å². The number of sulfone groups is 1. The summed E-state index contributed by atoms with van der Waals surface area (Å²) in [6.07, 6.45) is 0.605. The van der Waals surface area contributed by atoms with Crippen LogP contribution >= 0.6 is 11.6 Å². The van der Waals surface area contributed by atoms with E-state index in [0.717, 1.165) is 17.1 Å². The number of hydrogen-bond donors (Lipinski definition) is 0. The lowest BCUT2D eigenvalue weighted by Crippen LogP contribution is -2.62. The van der Waals surface area contributed by atoms with Gasteiger partial charge in [0.05, 0.1) is 38.3 Å². The Hall–Kier alpha value is -2.29. The zero-order valence-electron chi connectivity index (χ0n) is 17.5. The van der Waals surface area contributed by atoms with Crippen LogP contribution in [0.15, 0.2) is 42.5 Å². The third-order valence-electron chi connectivity index (χ3n) is 5.94. The maximum absolute atomic E-state index is 13.1. The van der Waals surface area contributed by atoms with Crippen LogP contribution in [0.2, 0.25) is 5.02 Å². The lowest BCUT2D eigenvalue weighted by atomic mass is 10.0. The molecule has 0 bridgehead atoms. The smallest absolute Gasteiger partial charge is 0.241 e. The summed E-state index contributed by atoms with van der Waals surface area (Å²) in [6.45, 7) is 0.685. The lowest BCUT2D eigenvalue weighted by molar-refractivity contribution is -0.123. The summed E-state index contributed by atoms with van der Waals surface area (Å²) in [5.74, 6) is 1.32. The van der Waals surface area contributed by atoms with Crippen LogP contribution in [0, 0.1) is 0 Å². The molecule has 9 heteroatoms. The normalized spacial score (nSPS) is 22.9. The van der Waals surface area contributed by atoms with Crippen molar-refractivity contribution < 1.29 is 22.7 Å². The summed E-state index contributed by atoms with van der Waals surface area (Å²) in [5.41, 5.74) is 1.59. The third kappa shape index (κ3) is 4.51. The van der Waals surface area contributed by atoms with E-state index in [0.29, 0.717) is 23.7 Å². The molecule has 0 unspecified atom stereocenters. The topological polar surface area (TPSA) is 76.2 Å². The van der Waals surface area contributed by atoms with Crippen molar-refractivity contribution in [3.63, 3.8) is 0 Å². The van der Waals surface area contributed by atoms with Gasteiger partial charge in [-0.25, -0.2) is 8.42 Å². The summed E-state index contributed by atoms with van der Waals surface area (Å²) in [7, 11) is -0.0421. The van der Waals surface area contributed by atoms with Gasteiger partial charge >= 0.3 is 0 Å². The van der Waals surface area contributed by atoms with Crippen LogP contribution in [0.5, 0.6) is 11.5 Å². The fourth-order valence-corrected chi connectivity index (χ4v) is 6.67. The molecule has 2 aliphatic heterocycles. The Morgan fingerprint density at radius 3 is 2.55 bits per heavy atom. The van der Waals surface area contributed by atoms with Crippen molar-refractivity contribution in [2.45, 2.75) is 18.5 Å². The van der Waals surface area contributed by atoms with Gasteiger partial charge in [0.1, 0.15) is 11.5 Å². The monoisotopic (exact) mass is 464 g/mol. The summed E-state index contributed by atoms with van der Waals surface area (Å²) in [5, 5.41) is 0.509. The van der Waals surface area contributed by atoms with E-state index in [-0.39, 0.29) is 30.0 Å². The molecule has 2 heterocycles. The maximum Gasteiger partial charge on any atom is 0.241 e. The zero-order valence-corrected chi connectivity index (χ0v) is 19.0. The van der Waals surface area contributed by atoms with Gasteiger partial charge in [0.2, 0.25) is 5.91 Å². The van der Waals surface area contributed by atoms with Crippen LogP contribution in [0.1, 0.15) is 5.56 Å². The summed E-state index contributed by atoms with van der Waals surface area (Å²) in [6, 6.07) is 11.9. The van der Waals surface area contributed by atoms with Gasteiger partial charge in [0.15, 0.2) is 9.84 Å². The molecule has 0 saturated carbocycles. The van der Waals surface area contributed by atoms with Crippen molar-refractivity contribution in [1.29, 1.82) is 0 Å². The first-order valence-corrected chi connectivity index (χ1v) is 12.2. The number of anilines is 1. The van der Waals surface area contributed by atoms with Crippen LogP contribution in [0.25, 0.3) is 0 Å². The Morgan fingerprint density at radius 1 is 1.06 bits per heavy atom. The number of ether oxygens (including phenoxy) is 2. The molecule has 7 nitrogen and oxygen atoms in total. The van der Waals surface area contributed by atoms with E-state index in [4.69, 9.17) is 21.1 Å². The minimum Gasteiger partial charge on any atom is -0.497 e. The second kappa shape index (κ2) is 8.68. The molecule has 166 valence electrons. The van der Waals surface area contributed by atoms with Gasteiger partial charge in [0.25, 0.3) is 0 Å². The Bertz CT molecular complexity index is 1090. The van der Waals surface area contributed by atoms with Gasteiger partial charge in [-0.1, -0.05) is 17.7 Å². The summed E-state index contributed by atoms with van der Waals surface area (Å²) in [4.78, 5) is 16.7. The Kier molecular flexibility index (Phi) is 6.14. The zero-order chi connectivity index (χ0) is 22.2. The lowest BCUT2D eigenvalue weighted by Gasteiger charge is -2.43. The highest BCUT2D eigenvalue weighted by Crippen LogP contribution is 2.33. The van der Waals surface area contributed by atoms with Crippen LogP contribution in [-0.2, 0) is 21.1 Å². The predicted molar refractivity (Wildman–Crippen MR) is 120 cm³/mol. The van der Waals surface area contributed by atoms with E-state index in [1.807, 2.05) is 23.1 Å². The SMILES string of the molecule is COc1ccc(OC)c(CCN2CC(=O)N(c3cccc(Cl)c3)[C@H]3CS(=O)(=O)C[C@H]32)c1. The van der Waals surface area contributed by atoms with Gasteiger partial charge in [-0.15, -0.1) is 0 Å². The van der Waals surface area contributed by atoms with Crippen LogP contribution in [0.3, 0.4) is 0 Å². The van der Waals surface area contributed by atoms with E-state index in [1.54, 1.807) is 43.4 Å². The number of piperazine rings is 1. The van der Waals surface area contributed by atoms with Crippen molar-refractivity contribution in [2.24, 2.45) is 0 Å². The Balaban J connectivity index is 1.59. The number of carbonyl (C=O) groups is 1. The summed E-state index contributed by atoms with van der Waals surface area (Å²) >= 11 is 6.12. The van der Waals surface area contributed by atoms with Crippen molar-refractivity contribution in [3.05, 3.63) is 53.1 Å². The fourth-order valence-electron chi connectivity index (χ4n) is 4.51. The highest BCUT2D eigenvalue weighted by atomic mass is 35.5. The van der Waals surface area contributed by atoms with Gasteiger partial charge in [0, 0.05) is 23.3 Å². The van der Waals surface area contributed by atoms with Crippen molar-refractivity contribution in [1.82, 2.24) is 4.90 Å². The number of benzene rings is 2. The average molecular weight is 465 g/mol. The number of methoxy groups -OCH3 is 2. The molecule has 0 N–H and O–H groups in total. The molecular formula is C22H25ClN2O5S. The van der Waals surface area contributed by atoms with Gasteiger partial charge in [-0.3, -0.25) is 9.69 Å². The minimum absolute atomic E-state index is 0.0389. The molecule has 2 aromatic rings. The first-order valence-electron chi connectivity index (χ1n) is 10.0. The van der Waals surface area contributed by atoms with Gasteiger partial charge in [-0.2, -0.15) is 0 Å². The number of carbonyl (C=O) groups excluding carboxylic acids is 1. The average Bonchev–Trinajstić information content (AvgIpc) is 3.06. The number of hydrogen-bond acceptors (Lipinski definition) is 6. The standard InChI is InChI=1S/C22H25ClN2O5S/c1-29-18-6-7-21(30-2)15(10-18)8-9-24-12-22(26)25(17-5-3-4-16(23)11-17)20-14-31(27,28)13-19(20)24/h3-7,10-11,19-20H,8-9,12-14H2,1-2H3/t19-,20+/m1/s1. The first-order chi connectivity index (χ1) is 14.8. The van der Waals surface area contributed by atoms with E-state index in [9.17, 15) is 13.2 Å². The predicted octanol–water partition coefficient (Wildman–Crippen LogP) is 2.41. The molecule has 31 heavy (non-hydrogen) atoms. The number of fused-ring (bicyclic) bond motifs is 1. The third-order valence-corrected chi connectivity index (χ3v) is 7.88. The number of amides is 1. The largest absolute Gasteiger partial charge is 0.497 e. The number of nitrogens with zero attached hydrogens (tertiary/aromatic N) is 2. The fraction of sp³-hybridized carbons (Fsp3) is 0.409. The quantitative estimate of drug-likeness (QED) is 0.653. The van der Waals surface area contributed by atoms with E-state index in [2.05, 4.69) is 0 Å². The molecule has 1 amide bonds. The number of rotatable bonds is 6. The van der Waals surface area contributed by atoms with E-state index in [1.165, 1.54) is 0 Å². The first kappa shape index (κ1) is 21.9. The molecule has 2 fully saturated rings. The van der Waals surface area contributed by atoms with Gasteiger partial charge < -0.3 is 14.4 Å². The molecule has 0 spiro atoms. The van der Waals surface area contributed by atoms with Crippen LogP contribution < -0.4 is 14.4 Å². The maximum atomic E-state index is 13.1. The molecular weight excluding hydrogens is 440 g/mol. The molecule has 2 atom stereocenters. The summed E-state index contributed by atoms with van der Waals surface area (Å²) < 4.78 is 35.8. The molecule has 0 aliphatic carbocycles. The van der Waals surface area contributed by atoms with E-state index < -0.39 is 15.9 Å². The Labute approximate surface area is 187 Å². The van der Waals surface area contributed by atoms with Crippen molar-refractivity contribution in [2.75, 3.05) is 43.7 Å². The second-order valence-corrected chi connectivity index (χ2v) is 10.4. The molecule has 2 aromatic carbocycles. The molecule has 0 aromatic heterocycles. The van der Waals surface area contributed by atoms with E-state index >= 15 is 0 Å². The molecule has 0 radical (unpaired) electrons. The second-order valence-electron chi connectivity index (χ2n) is 7.85. The van der Waals surface area contributed by atoms with Crippen LogP contribution in [0.4, 0.5) is 5.69 Å². The van der Waals surface area contributed by atoms with Crippen molar-refractivity contribution in [3.8, 4) is 11.5 Å². The highest BCUT2D eigenvalue weighted by Gasteiger charge is 2.49. The Morgan fingerprint density at radius 2 is 1.84 bits per heavy atom. The van der Waals surface area contributed by atoms with Crippen LogP contribution in [-0.4, -0.2) is 70.1 Å². The highest BCUT2D eigenvalue weighted by molar-refractivity contribution is 7.91. The molecule has 4 rings (SSSR count). The molecule has 2 aliphatic rings. The number of halogens is 1. The minimum atomic E-state index is -3.26.